The molecule has 2 N–H and O–H groups in total. The smallest absolute Gasteiger partial charge is 0.226 e. The summed E-state index contributed by atoms with van der Waals surface area (Å²) in [6.45, 7) is 2.05. The van der Waals surface area contributed by atoms with E-state index in [9.17, 15) is 9.90 Å². The third kappa shape index (κ3) is 2.93. The van der Waals surface area contributed by atoms with Crippen LogP contribution in [0.2, 0.25) is 0 Å². The second kappa shape index (κ2) is 5.37. The SMILES string of the molecule is CC(O)(CNC(=O)C12CC3CC(CC(C3)C1)C2)Cc1ccco1. The van der Waals surface area contributed by atoms with E-state index in [-0.39, 0.29) is 17.9 Å². The van der Waals surface area contributed by atoms with Crippen molar-refractivity contribution in [2.45, 2.75) is 57.5 Å². The van der Waals surface area contributed by atoms with Crippen LogP contribution in [0.1, 0.15) is 51.2 Å². The first-order chi connectivity index (χ1) is 10.9. The van der Waals surface area contributed by atoms with Gasteiger partial charge in [-0.3, -0.25) is 4.79 Å². The van der Waals surface area contributed by atoms with Crippen LogP contribution in [-0.4, -0.2) is 23.2 Å². The third-order valence-electron chi connectivity index (χ3n) is 6.28. The van der Waals surface area contributed by atoms with Gasteiger partial charge in [-0.25, -0.2) is 0 Å². The van der Waals surface area contributed by atoms with Gasteiger partial charge in [0.05, 0.1) is 11.9 Å². The van der Waals surface area contributed by atoms with E-state index in [2.05, 4.69) is 5.32 Å². The molecule has 23 heavy (non-hydrogen) atoms. The molecule has 4 aliphatic rings. The summed E-state index contributed by atoms with van der Waals surface area (Å²) in [6.07, 6.45) is 9.22. The molecule has 5 rings (SSSR count). The van der Waals surface area contributed by atoms with Crippen molar-refractivity contribution >= 4 is 5.91 Å². The first kappa shape index (κ1) is 15.3. The quantitative estimate of drug-likeness (QED) is 0.878. The highest BCUT2D eigenvalue weighted by Crippen LogP contribution is 2.60. The molecule has 126 valence electrons. The minimum atomic E-state index is -0.976. The van der Waals surface area contributed by atoms with Crippen molar-refractivity contribution in [3.05, 3.63) is 24.2 Å². The molecule has 4 fully saturated rings. The summed E-state index contributed by atoms with van der Waals surface area (Å²) < 4.78 is 5.30. The van der Waals surface area contributed by atoms with Crippen LogP contribution in [0.3, 0.4) is 0 Å². The Balaban J connectivity index is 1.38. The topological polar surface area (TPSA) is 62.5 Å². The minimum Gasteiger partial charge on any atom is -0.469 e. The fourth-order valence-electron chi connectivity index (χ4n) is 5.70. The molecule has 1 aromatic rings. The average Bonchev–Trinajstić information content (AvgIpc) is 2.95. The molecule has 1 atom stereocenters. The summed E-state index contributed by atoms with van der Waals surface area (Å²) in [4.78, 5) is 12.9. The van der Waals surface area contributed by atoms with Gasteiger partial charge in [0.1, 0.15) is 5.76 Å². The summed E-state index contributed by atoms with van der Waals surface area (Å²) in [6, 6.07) is 3.68. The molecular weight excluding hydrogens is 290 g/mol. The molecule has 0 saturated heterocycles. The van der Waals surface area contributed by atoms with E-state index in [1.54, 1.807) is 13.2 Å². The van der Waals surface area contributed by atoms with E-state index in [0.717, 1.165) is 42.8 Å². The lowest BCUT2D eigenvalue weighted by Crippen LogP contribution is -2.55. The first-order valence-electron chi connectivity index (χ1n) is 8.97. The van der Waals surface area contributed by atoms with Gasteiger partial charge in [0.25, 0.3) is 0 Å². The molecule has 1 aromatic heterocycles. The van der Waals surface area contributed by atoms with Gasteiger partial charge in [-0.2, -0.15) is 0 Å². The number of rotatable bonds is 5. The van der Waals surface area contributed by atoms with Crippen molar-refractivity contribution in [3.63, 3.8) is 0 Å². The van der Waals surface area contributed by atoms with Crippen molar-refractivity contribution < 1.29 is 14.3 Å². The van der Waals surface area contributed by atoms with Gasteiger partial charge >= 0.3 is 0 Å². The Morgan fingerprint density at radius 2 is 1.91 bits per heavy atom. The zero-order valence-corrected chi connectivity index (χ0v) is 13.9. The predicted octanol–water partition coefficient (Wildman–Crippen LogP) is 2.91. The van der Waals surface area contributed by atoms with Gasteiger partial charge in [-0.15, -0.1) is 0 Å². The highest BCUT2D eigenvalue weighted by molar-refractivity contribution is 5.83. The van der Waals surface area contributed by atoms with E-state index in [0.29, 0.717) is 6.42 Å². The van der Waals surface area contributed by atoms with Crippen LogP contribution in [0.5, 0.6) is 0 Å². The monoisotopic (exact) mass is 317 g/mol. The fraction of sp³-hybridized carbons (Fsp3) is 0.737. The fourth-order valence-corrected chi connectivity index (χ4v) is 5.70. The molecule has 4 aliphatic carbocycles. The zero-order chi connectivity index (χ0) is 16.1. The van der Waals surface area contributed by atoms with E-state index in [1.165, 1.54) is 19.3 Å². The number of carbonyl (C=O) groups excluding carboxylic acids is 1. The molecular formula is C19H27NO3. The molecule has 1 unspecified atom stereocenters. The van der Waals surface area contributed by atoms with Crippen LogP contribution in [0.25, 0.3) is 0 Å². The van der Waals surface area contributed by atoms with Gasteiger partial charge in [-0.05, 0) is 75.3 Å². The van der Waals surface area contributed by atoms with Crippen LogP contribution >= 0.6 is 0 Å². The van der Waals surface area contributed by atoms with E-state index in [1.807, 2.05) is 12.1 Å². The number of carbonyl (C=O) groups is 1. The maximum atomic E-state index is 12.9. The number of nitrogens with one attached hydrogen (secondary N) is 1. The molecule has 0 aliphatic heterocycles. The number of amides is 1. The lowest BCUT2D eigenvalue weighted by Gasteiger charge is -2.55. The molecule has 4 nitrogen and oxygen atoms in total. The Labute approximate surface area is 137 Å². The van der Waals surface area contributed by atoms with Gasteiger partial charge in [-0.1, -0.05) is 0 Å². The molecule has 0 aromatic carbocycles. The molecule has 1 heterocycles. The highest BCUT2D eigenvalue weighted by Gasteiger charge is 2.54. The summed E-state index contributed by atoms with van der Waals surface area (Å²) in [5.41, 5.74) is -1.12. The Bertz CT molecular complexity index is 540. The zero-order valence-electron chi connectivity index (χ0n) is 13.9. The number of furan rings is 1. The maximum Gasteiger partial charge on any atom is 0.226 e. The van der Waals surface area contributed by atoms with Crippen molar-refractivity contribution in [1.29, 1.82) is 0 Å². The Morgan fingerprint density at radius 3 is 2.43 bits per heavy atom. The second-order valence-corrected chi connectivity index (χ2v) is 8.63. The molecule has 1 amide bonds. The largest absolute Gasteiger partial charge is 0.469 e. The molecule has 0 spiro atoms. The Kier molecular flexibility index (Phi) is 3.56. The maximum absolute atomic E-state index is 12.9. The lowest BCUT2D eigenvalue weighted by atomic mass is 9.49. The van der Waals surface area contributed by atoms with Crippen LogP contribution in [-0.2, 0) is 11.2 Å². The predicted molar refractivity (Wildman–Crippen MR) is 86.7 cm³/mol. The van der Waals surface area contributed by atoms with Crippen molar-refractivity contribution in [2.75, 3.05) is 6.54 Å². The number of hydrogen-bond acceptors (Lipinski definition) is 3. The molecule has 4 saturated carbocycles. The van der Waals surface area contributed by atoms with E-state index < -0.39 is 5.60 Å². The van der Waals surface area contributed by atoms with Crippen molar-refractivity contribution in [3.8, 4) is 0 Å². The standard InChI is InChI=1S/C19H27NO3/c1-18(22,11-16-3-2-4-23-16)12-20-17(21)19-8-13-5-14(9-19)7-15(6-13)10-19/h2-4,13-15,22H,5-12H2,1H3,(H,20,21). The summed E-state index contributed by atoms with van der Waals surface area (Å²) in [7, 11) is 0. The van der Waals surface area contributed by atoms with Crippen LogP contribution in [0.15, 0.2) is 22.8 Å². The number of hydrogen-bond donors (Lipinski definition) is 2. The van der Waals surface area contributed by atoms with Crippen molar-refractivity contribution in [2.24, 2.45) is 23.2 Å². The van der Waals surface area contributed by atoms with Gasteiger partial charge in [0.15, 0.2) is 0 Å². The lowest BCUT2D eigenvalue weighted by molar-refractivity contribution is -0.147. The highest BCUT2D eigenvalue weighted by atomic mass is 16.3. The normalized spacial score (nSPS) is 37.6. The summed E-state index contributed by atoms with van der Waals surface area (Å²) in [5.74, 6) is 3.21. The van der Waals surface area contributed by atoms with E-state index in [4.69, 9.17) is 4.42 Å². The van der Waals surface area contributed by atoms with Crippen LogP contribution in [0.4, 0.5) is 0 Å². The minimum absolute atomic E-state index is 0.143. The summed E-state index contributed by atoms with van der Waals surface area (Å²) in [5, 5.41) is 13.6. The molecule has 4 heteroatoms. The summed E-state index contributed by atoms with van der Waals surface area (Å²) >= 11 is 0. The Morgan fingerprint density at radius 1 is 1.30 bits per heavy atom. The van der Waals surface area contributed by atoms with Gasteiger partial charge < -0.3 is 14.8 Å². The van der Waals surface area contributed by atoms with Crippen molar-refractivity contribution in [1.82, 2.24) is 5.32 Å². The van der Waals surface area contributed by atoms with E-state index >= 15 is 0 Å². The van der Waals surface area contributed by atoms with Crippen LogP contribution < -0.4 is 5.32 Å². The van der Waals surface area contributed by atoms with Gasteiger partial charge in [0, 0.05) is 18.4 Å². The van der Waals surface area contributed by atoms with Crippen LogP contribution in [0, 0.1) is 23.2 Å². The third-order valence-corrected chi connectivity index (χ3v) is 6.28. The second-order valence-electron chi connectivity index (χ2n) is 8.63. The average molecular weight is 317 g/mol. The van der Waals surface area contributed by atoms with Gasteiger partial charge in [0.2, 0.25) is 5.91 Å². The molecule has 0 radical (unpaired) electrons. The number of aliphatic hydroxyl groups is 1. The Hall–Kier alpha value is -1.29. The molecule has 4 bridgehead atoms. The first-order valence-corrected chi connectivity index (χ1v) is 8.97.